The molecule has 0 saturated heterocycles. The van der Waals surface area contributed by atoms with Gasteiger partial charge in [-0.05, 0) is 29.1 Å². The summed E-state index contributed by atoms with van der Waals surface area (Å²) < 4.78 is 0. The SMILES string of the molecule is OC(c1ccc(Cl)cc1)c1sccc1Cl. The van der Waals surface area contributed by atoms with E-state index in [0.29, 0.717) is 10.0 Å². The van der Waals surface area contributed by atoms with Crippen LogP contribution < -0.4 is 0 Å². The van der Waals surface area contributed by atoms with Crippen LogP contribution in [0.4, 0.5) is 0 Å². The fourth-order valence-electron chi connectivity index (χ4n) is 1.30. The molecule has 0 aliphatic carbocycles. The molecule has 78 valence electrons. The van der Waals surface area contributed by atoms with Crippen LogP contribution in [-0.2, 0) is 0 Å². The fourth-order valence-corrected chi connectivity index (χ4v) is 2.59. The second kappa shape index (κ2) is 4.54. The highest BCUT2D eigenvalue weighted by Crippen LogP contribution is 2.32. The minimum Gasteiger partial charge on any atom is -0.383 e. The molecular weight excluding hydrogens is 251 g/mol. The third-order valence-electron chi connectivity index (χ3n) is 2.08. The van der Waals surface area contributed by atoms with E-state index in [-0.39, 0.29) is 0 Å². The summed E-state index contributed by atoms with van der Waals surface area (Å²) in [5, 5.41) is 13.1. The molecule has 1 N–H and O–H groups in total. The minimum absolute atomic E-state index is 0.599. The van der Waals surface area contributed by atoms with Gasteiger partial charge in [0, 0.05) is 5.02 Å². The Kier molecular flexibility index (Phi) is 3.32. The number of aliphatic hydroxyl groups excluding tert-OH is 1. The summed E-state index contributed by atoms with van der Waals surface area (Å²) in [4.78, 5) is 0.763. The summed E-state index contributed by atoms with van der Waals surface area (Å²) in [6.45, 7) is 0. The van der Waals surface area contributed by atoms with Gasteiger partial charge in [0.15, 0.2) is 0 Å². The van der Waals surface area contributed by atoms with Gasteiger partial charge in [-0.1, -0.05) is 35.3 Å². The zero-order valence-corrected chi connectivity index (χ0v) is 9.98. The Balaban J connectivity index is 2.32. The van der Waals surface area contributed by atoms with Crippen molar-refractivity contribution in [3.63, 3.8) is 0 Å². The molecule has 0 spiro atoms. The molecule has 0 bridgehead atoms. The van der Waals surface area contributed by atoms with Crippen LogP contribution in [0.5, 0.6) is 0 Å². The molecule has 1 aromatic heterocycles. The second-order valence-electron chi connectivity index (χ2n) is 3.09. The third kappa shape index (κ3) is 2.34. The maximum Gasteiger partial charge on any atom is 0.115 e. The molecule has 1 heterocycles. The number of hydrogen-bond donors (Lipinski definition) is 1. The van der Waals surface area contributed by atoms with Crippen molar-refractivity contribution in [3.8, 4) is 0 Å². The number of aliphatic hydroxyl groups is 1. The van der Waals surface area contributed by atoms with Gasteiger partial charge in [-0.2, -0.15) is 0 Å². The predicted octanol–water partition coefficient (Wildman–Crippen LogP) is 4.14. The first-order valence-electron chi connectivity index (χ1n) is 4.35. The van der Waals surface area contributed by atoms with Crippen molar-refractivity contribution < 1.29 is 5.11 Å². The number of hydrogen-bond acceptors (Lipinski definition) is 2. The molecule has 0 aliphatic heterocycles. The van der Waals surface area contributed by atoms with Crippen LogP contribution in [0.15, 0.2) is 35.7 Å². The van der Waals surface area contributed by atoms with Crippen LogP contribution in [0.25, 0.3) is 0 Å². The molecule has 15 heavy (non-hydrogen) atoms. The lowest BCUT2D eigenvalue weighted by atomic mass is 10.1. The fraction of sp³-hybridized carbons (Fsp3) is 0.0909. The highest BCUT2D eigenvalue weighted by Gasteiger charge is 2.14. The Labute approximate surface area is 102 Å². The van der Waals surface area contributed by atoms with Crippen molar-refractivity contribution in [2.75, 3.05) is 0 Å². The Morgan fingerprint density at radius 3 is 2.27 bits per heavy atom. The number of rotatable bonds is 2. The van der Waals surface area contributed by atoms with E-state index in [4.69, 9.17) is 23.2 Å². The van der Waals surface area contributed by atoms with Gasteiger partial charge in [0.05, 0.1) is 9.90 Å². The van der Waals surface area contributed by atoms with Crippen molar-refractivity contribution >= 4 is 34.5 Å². The standard InChI is InChI=1S/C11H8Cl2OS/c12-8-3-1-7(2-4-8)10(14)11-9(13)5-6-15-11/h1-6,10,14H. The van der Waals surface area contributed by atoms with Gasteiger partial charge < -0.3 is 5.11 Å². The summed E-state index contributed by atoms with van der Waals surface area (Å²) in [7, 11) is 0. The van der Waals surface area contributed by atoms with E-state index in [9.17, 15) is 5.11 Å². The van der Waals surface area contributed by atoms with Crippen LogP contribution in [0, 0.1) is 0 Å². The number of thiophene rings is 1. The highest BCUT2D eigenvalue weighted by atomic mass is 35.5. The van der Waals surface area contributed by atoms with E-state index in [1.807, 2.05) is 5.38 Å². The molecule has 0 fully saturated rings. The molecule has 4 heteroatoms. The van der Waals surface area contributed by atoms with Crippen LogP contribution in [0.1, 0.15) is 16.5 Å². The van der Waals surface area contributed by atoms with Gasteiger partial charge in [0.25, 0.3) is 0 Å². The summed E-state index contributed by atoms with van der Waals surface area (Å²) in [6, 6.07) is 8.87. The average molecular weight is 259 g/mol. The Bertz CT molecular complexity index is 450. The van der Waals surface area contributed by atoms with Crippen molar-refractivity contribution in [1.82, 2.24) is 0 Å². The molecule has 0 amide bonds. The summed E-state index contributed by atoms with van der Waals surface area (Å²) in [5.41, 5.74) is 0.795. The molecule has 2 aromatic rings. The lowest BCUT2D eigenvalue weighted by Crippen LogP contribution is -1.96. The number of halogens is 2. The average Bonchev–Trinajstić information content (AvgIpc) is 2.65. The summed E-state index contributed by atoms with van der Waals surface area (Å²) in [5.74, 6) is 0. The quantitative estimate of drug-likeness (QED) is 0.859. The Hall–Kier alpha value is -0.540. The molecule has 1 atom stereocenters. The van der Waals surface area contributed by atoms with Gasteiger partial charge in [0.1, 0.15) is 6.10 Å². The lowest BCUT2D eigenvalue weighted by molar-refractivity contribution is 0.224. The first-order valence-corrected chi connectivity index (χ1v) is 5.98. The van der Waals surface area contributed by atoms with Crippen LogP contribution in [-0.4, -0.2) is 5.11 Å². The zero-order valence-electron chi connectivity index (χ0n) is 7.65. The van der Waals surface area contributed by atoms with Crippen LogP contribution in [0.3, 0.4) is 0 Å². The van der Waals surface area contributed by atoms with Gasteiger partial charge in [0.2, 0.25) is 0 Å². The smallest absolute Gasteiger partial charge is 0.115 e. The van der Waals surface area contributed by atoms with Crippen molar-refractivity contribution in [3.05, 3.63) is 56.2 Å². The monoisotopic (exact) mass is 258 g/mol. The molecule has 0 aliphatic rings. The molecule has 0 saturated carbocycles. The number of benzene rings is 1. The molecular formula is C11H8Cl2OS. The Morgan fingerprint density at radius 2 is 1.73 bits per heavy atom. The summed E-state index contributed by atoms with van der Waals surface area (Å²) >= 11 is 13.1. The first-order chi connectivity index (χ1) is 7.18. The van der Waals surface area contributed by atoms with Gasteiger partial charge >= 0.3 is 0 Å². The molecule has 1 nitrogen and oxygen atoms in total. The summed E-state index contributed by atoms with van der Waals surface area (Å²) in [6.07, 6.45) is -0.672. The molecule has 1 unspecified atom stereocenters. The second-order valence-corrected chi connectivity index (χ2v) is 4.88. The highest BCUT2D eigenvalue weighted by molar-refractivity contribution is 7.10. The van der Waals surface area contributed by atoms with E-state index in [1.165, 1.54) is 11.3 Å². The Morgan fingerprint density at radius 1 is 1.07 bits per heavy atom. The van der Waals surface area contributed by atoms with Gasteiger partial charge in [-0.25, -0.2) is 0 Å². The predicted molar refractivity (Wildman–Crippen MR) is 64.8 cm³/mol. The lowest BCUT2D eigenvalue weighted by Gasteiger charge is -2.09. The third-order valence-corrected chi connectivity index (χ3v) is 3.74. The first kappa shape index (κ1) is 11.0. The topological polar surface area (TPSA) is 20.2 Å². The van der Waals surface area contributed by atoms with Crippen molar-refractivity contribution in [2.24, 2.45) is 0 Å². The van der Waals surface area contributed by atoms with E-state index in [2.05, 4.69) is 0 Å². The van der Waals surface area contributed by atoms with E-state index < -0.39 is 6.10 Å². The van der Waals surface area contributed by atoms with Gasteiger partial charge in [-0.3, -0.25) is 0 Å². The van der Waals surface area contributed by atoms with Crippen molar-refractivity contribution in [2.45, 2.75) is 6.10 Å². The van der Waals surface area contributed by atoms with E-state index in [0.717, 1.165) is 10.4 Å². The molecule has 1 aromatic carbocycles. The maximum absolute atomic E-state index is 10.0. The minimum atomic E-state index is -0.672. The maximum atomic E-state index is 10.0. The van der Waals surface area contributed by atoms with Gasteiger partial charge in [-0.15, -0.1) is 11.3 Å². The van der Waals surface area contributed by atoms with Crippen LogP contribution in [0.2, 0.25) is 10.0 Å². The molecule has 0 radical (unpaired) electrons. The van der Waals surface area contributed by atoms with E-state index in [1.54, 1.807) is 30.3 Å². The largest absolute Gasteiger partial charge is 0.383 e. The molecule has 2 rings (SSSR count). The zero-order chi connectivity index (χ0) is 10.8. The van der Waals surface area contributed by atoms with E-state index >= 15 is 0 Å². The van der Waals surface area contributed by atoms with Crippen molar-refractivity contribution in [1.29, 1.82) is 0 Å². The normalized spacial score (nSPS) is 12.7. The van der Waals surface area contributed by atoms with Crippen LogP contribution >= 0.6 is 34.5 Å².